The van der Waals surface area contributed by atoms with E-state index in [1.165, 1.54) is 0 Å². The van der Waals surface area contributed by atoms with Gasteiger partial charge in [-0.1, -0.05) is 13.8 Å². The average Bonchev–Trinajstić information content (AvgIpc) is 2.73. The number of aryl methyl sites for hydroxylation is 1. The van der Waals surface area contributed by atoms with Crippen LogP contribution in [0.25, 0.3) is 0 Å². The molecule has 0 unspecified atom stereocenters. The third kappa shape index (κ3) is 4.35. The highest BCUT2D eigenvalue weighted by atomic mass is 16.2. The van der Waals surface area contributed by atoms with Gasteiger partial charge in [0.15, 0.2) is 0 Å². The molecule has 0 radical (unpaired) electrons. The summed E-state index contributed by atoms with van der Waals surface area (Å²) in [6.07, 6.45) is 3.56. The van der Waals surface area contributed by atoms with Crippen LogP contribution in [0.4, 0.5) is 0 Å². The van der Waals surface area contributed by atoms with Gasteiger partial charge in [0, 0.05) is 25.8 Å². The van der Waals surface area contributed by atoms with E-state index in [-0.39, 0.29) is 5.91 Å². The van der Waals surface area contributed by atoms with E-state index in [0.717, 1.165) is 31.6 Å². The van der Waals surface area contributed by atoms with E-state index in [1.54, 1.807) is 11.1 Å². The Balaban J connectivity index is 2.68. The number of amides is 1. The summed E-state index contributed by atoms with van der Waals surface area (Å²) in [4.78, 5) is 14.1. The van der Waals surface area contributed by atoms with Gasteiger partial charge >= 0.3 is 0 Å². The molecule has 108 valence electrons. The first-order chi connectivity index (χ1) is 8.97. The summed E-state index contributed by atoms with van der Waals surface area (Å²) < 4.78 is 1.86. The van der Waals surface area contributed by atoms with Gasteiger partial charge in [-0.05, 0) is 32.2 Å². The normalized spacial score (nSPS) is 11.1. The number of carbonyl (C=O) groups excluding carboxylic acids is 1. The van der Waals surface area contributed by atoms with Crippen molar-refractivity contribution >= 4 is 5.91 Å². The van der Waals surface area contributed by atoms with Crippen LogP contribution < -0.4 is 5.73 Å². The number of hydrogen-bond donors (Lipinski definition) is 1. The average molecular weight is 266 g/mol. The van der Waals surface area contributed by atoms with Gasteiger partial charge in [-0.3, -0.25) is 9.48 Å². The van der Waals surface area contributed by atoms with Gasteiger partial charge in [0.05, 0.1) is 11.8 Å². The molecule has 0 aromatic carbocycles. The Labute approximate surface area is 115 Å². The standard InChI is InChI=1S/C14H26N4O/c1-11(2)6-9-17(4)14(19)13-10-16-18(12(13)3)8-5-7-15/h10-11H,5-9,15H2,1-4H3. The molecule has 0 aliphatic carbocycles. The summed E-state index contributed by atoms with van der Waals surface area (Å²) in [5.41, 5.74) is 7.12. The van der Waals surface area contributed by atoms with Crippen molar-refractivity contribution < 1.29 is 4.79 Å². The van der Waals surface area contributed by atoms with Crippen molar-refractivity contribution in [3.63, 3.8) is 0 Å². The molecule has 1 aromatic heterocycles. The van der Waals surface area contributed by atoms with Gasteiger partial charge in [0.25, 0.3) is 5.91 Å². The number of nitrogens with zero attached hydrogens (tertiary/aromatic N) is 3. The lowest BCUT2D eigenvalue weighted by molar-refractivity contribution is 0.0788. The van der Waals surface area contributed by atoms with E-state index >= 15 is 0 Å². The van der Waals surface area contributed by atoms with Crippen LogP contribution in [-0.4, -0.2) is 40.7 Å². The van der Waals surface area contributed by atoms with Crippen molar-refractivity contribution in [2.45, 2.75) is 40.2 Å². The summed E-state index contributed by atoms with van der Waals surface area (Å²) in [5.74, 6) is 0.653. The van der Waals surface area contributed by atoms with E-state index in [2.05, 4.69) is 18.9 Å². The number of nitrogens with two attached hydrogens (primary N) is 1. The lowest BCUT2D eigenvalue weighted by atomic mass is 10.1. The van der Waals surface area contributed by atoms with Crippen molar-refractivity contribution in [3.8, 4) is 0 Å². The smallest absolute Gasteiger partial charge is 0.257 e. The Morgan fingerprint density at radius 2 is 2.21 bits per heavy atom. The summed E-state index contributed by atoms with van der Waals surface area (Å²) >= 11 is 0. The molecule has 2 N–H and O–H groups in total. The molecular weight excluding hydrogens is 240 g/mol. The lowest BCUT2D eigenvalue weighted by Gasteiger charge is -2.18. The number of hydrogen-bond acceptors (Lipinski definition) is 3. The van der Waals surface area contributed by atoms with E-state index in [1.807, 2.05) is 18.7 Å². The Morgan fingerprint density at radius 1 is 1.53 bits per heavy atom. The molecule has 5 heteroatoms. The van der Waals surface area contributed by atoms with Gasteiger partial charge in [-0.25, -0.2) is 0 Å². The molecule has 0 aliphatic rings. The van der Waals surface area contributed by atoms with Crippen molar-refractivity contribution in [1.29, 1.82) is 0 Å². The maximum absolute atomic E-state index is 12.3. The van der Waals surface area contributed by atoms with Crippen molar-refractivity contribution in [2.75, 3.05) is 20.1 Å². The number of aromatic nitrogens is 2. The first-order valence-electron chi connectivity index (χ1n) is 6.95. The predicted octanol–water partition coefficient (Wildman–Crippen LogP) is 1.66. The second kappa shape index (κ2) is 7.28. The summed E-state index contributed by atoms with van der Waals surface area (Å²) in [6.45, 7) is 8.45. The topological polar surface area (TPSA) is 64.2 Å². The molecule has 0 bridgehead atoms. The fourth-order valence-electron chi connectivity index (χ4n) is 1.88. The van der Waals surface area contributed by atoms with Crippen molar-refractivity contribution in [3.05, 3.63) is 17.5 Å². The zero-order valence-electron chi connectivity index (χ0n) is 12.5. The monoisotopic (exact) mass is 266 g/mol. The molecule has 1 aromatic rings. The van der Waals surface area contributed by atoms with Crippen molar-refractivity contribution in [2.24, 2.45) is 11.7 Å². The molecular formula is C14H26N4O. The van der Waals surface area contributed by atoms with Gasteiger partial charge in [-0.2, -0.15) is 5.10 Å². The van der Waals surface area contributed by atoms with Crippen LogP contribution in [0, 0.1) is 12.8 Å². The molecule has 0 fully saturated rings. The minimum absolute atomic E-state index is 0.0529. The Morgan fingerprint density at radius 3 is 2.79 bits per heavy atom. The lowest BCUT2D eigenvalue weighted by Crippen LogP contribution is -2.28. The zero-order chi connectivity index (χ0) is 14.4. The Kier molecular flexibility index (Phi) is 6.02. The highest BCUT2D eigenvalue weighted by Gasteiger charge is 2.17. The zero-order valence-corrected chi connectivity index (χ0v) is 12.5. The highest BCUT2D eigenvalue weighted by molar-refractivity contribution is 5.94. The molecule has 19 heavy (non-hydrogen) atoms. The maximum atomic E-state index is 12.3. The number of carbonyl (C=O) groups is 1. The van der Waals surface area contributed by atoms with Crippen LogP contribution in [0.1, 0.15) is 42.7 Å². The van der Waals surface area contributed by atoms with Crippen LogP contribution in [0.3, 0.4) is 0 Å². The van der Waals surface area contributed by atoms with Crippen molar-refractivity contribution in [1.82, 2.24) is 14.7 Å². The van der Waals surface area contributed by atoms with Crippen LogP contribution >= 0.6 is 0 Å². The minimum atomic E-state index is 0.0529. The maximum Gasteiger partial charge on any atom is 0.257 e. The van der Waals surface area contributed by atoms with Gasteiger partial charge in [0.2, 0.25) is 0 Å². The molecule has 0 saturated heterocycles. The van der Waals surface area contributed by atoms with Gasteiger partial charge < -0.3 is 10.6 Å². The van der Waals surface area contributed by atoms with Crippen LogP contribution in [0.2, 0.25) is 0 Å². The molecule has 1 heterocycles. The van der Waals surface area contributed by atoms with E-state index in [9.17, 15) is 4.79 Å². The van der Waals surface area contributed by atoms with Crippen LogP contribution in [0.15, 0.2) is 6.20 Å². The fourth-order valence-corrected chi connectivity index (χ4v) is 1.88. The molecule has 0 aliphatic heterocycles. The molecule has 0 saturated carbocycles. The third-order valence-electron chi connectivity index (χ3n) is 3.30. The second-order valence-corrected chi connectivity index (χ2v) is 5.42. The van der Waals surface area contributed by atoms with Gasteiger partial charge in [-0.15, -0.1) is 0 Å². The molecule has 0 atom stereocenters. The number of rotatable bonds is 7. The quantitative estimate of drug-likeness (QED) is 0.816. The second-order valence-electron chi connectivity index (χ2n) is 5.42. The van der Waals surface area contributed by atoms with E-state index < -0.39 is 0 Å². The largest absolute Gasteiger partial charge is 0.342 e. The fraction of sp³-hybridized carbons (Fsp3) is 0.714. The first-order valence-corrected chi connectivity index (χ1v) is 6.95. The predicted molar refractivity (Wildman–Crippen MR) is 77.1 cm³/mol. The third-order valence-corrected chi connectivity index (χ3v) is 3.30. The molecule has 0 spiro atoms. The van der Waals surface area contributed by atoms with E-state index in [0.29, 0.717) is 18.0 Å². The van der Waals surface area contributed by atoms with Crippen LogP contribution in [-0.2, 0) is 6.54 Å². The summed E-state index contributed by atoms with van der Waals surface area (Å²) in [6, 6.07) is 0. The summed E-state index contributed by atoms with van der Waals surface area (Å²) in [5, 5.41) is 4.27. The van der Waals surface area contributed by atoms with Crippen LogP contribution in [0.5, 0.6) is 0 Å². The van der Waals surface area contributed by atoms with E-state index in [4.69, 9.17) is 5.73 Å². The molecule has 1 amide bonds. The first kappa shape index (κ1) is 15.7. The SMILES string of the molecule is Cc1c(C(=O)N(C)CCC(C)C)cnn1CCCN. The van der Waals surface area contributed by atoms with Gasteiger partial charge in [0.1, 0.15) is 0 Å². The summed E-state index contributed by atoms with van der Waals surface area (Å²) in [7, 11) is 1.85. The molecule has 5 nitrogen and oxygen atoms in total. The molecule has 1 rings (SSSR count). The Bertz CT molecular complexity index is 412. The highest BCUT2D eigenvalue weighted by Crippen LogP contribution is 2.11. The Hall–Kier alpha value is -1.36. The minimum Gasteiger partial charge on any atom is -0.342 e.